The molecule has 6 nitrogen and oxygen atoms in total. The van der Waals surface area contributed by atoms with Crippen LogP contribution in [0.5, 0.6) is 0 Å². The normalized spacial score (nSPS) is 24.0. The zero-order valence-corrected chi connectivity index (χ0v) is 9.32. The summed E-state index contributed by atoms with van der Waals surface area (Å²) >= 11 is 5.68. The van der Waals surface area contributed by atoms with Gasteiger partial charge in [-0.3, -0.25) is 14.6 Å². The Morgan fingerprint density at radius 3 is 3.00 bits per heavy atom. The molecule has 88 valence electrons. The molecule has 1 amide bonds. The largest absolute Gasteiger partial charge is 0.389 e. The summed E-state index contributed by atoms with van der Waals surface area (Å²) < 4.78 is 5.32. The van der Waals surface area contributed by atoms with Crippen molar-refractivity contribution >= 4 is 23.5 Å². The van der Waals surface area contributed by atoms with Gasteiger partial charge in [0.2, 0.25) is 5.91 Å². The number of halogens is 1. The van der Waals surface area contributed by atoms with Crippen LogP contribution in [0.4, 0.5) is 0 Å². The first-order valence-electron chi connectivity index (χ1n) is 4.65. The van der Waals surface area contributed by atoms with Crippen LogP contribution < -0.4 is 0 Å². The summed E-state index contributed by atoms with van der Waals surface area (Å²) in [5, 5.41) is 0. The van der Waals surface area contributed by atoms with E-state index in [0.717, 1.165) is 0 Å². The van der Waals surface area contributed by atoms with Gasteiger partial charge in [0, 0.05) is 11.5 Å². The monoisotopic (exact) mass is 247 g/mol. The summed E-state index contributed by atoms with van der Waals surface area (Å²) in [7, 11) is 1.22. The summed E-state index contributed by atoms with van der Waals surface area (Å²) in [6.07, 6.45) is -0.0989. The molecule has 0 aliphatic carbocycles. The molecule has 0 spiro atoms. The second kappa shape index (κ2) is 4.40. The van der Waals surface area contributed by atoms with Gasteiger partial charge in [-0.05, 0) is 0 Å². The lowest BCUT2D eigenvalue weighted by molar-refractivity contribution is -0.254. The Balaban J connectivity index is 2.29. The molecule has 7 heteroatoms. The highest BCUT2D eigenvalue weighted by molar-refractivity contribution is 6.20. The third-order valence-corrected chi connectivity index (χ3v) is 2.77. The Morgan fingerprint density at radius 1 is 1.69 bits per heavy atom. The molecular formula is C9H10ClNO5. The molecule has 1 fully saturated rings. The first-order valence-corrected chi connectivity index (χ1v) is 5.19. The predicted molar refractivity (Wildman–Crippen MR) is 52.1 cm³/mol. The average Bonchev–Trinajstić information content (AvgIpc) is 2.27. The molecule has 0 aromatic heterocycles. The number of hydrogen-bond donors (Lipinski definition) is 0. The summed E-state index contributed by atoms with van der Waals surface area (Å²) in [6, 6.07) is 0. The van der Waals surface area contributed by atoms with Gasteiger partial charge in [-0.1, -0.05) is 0 Å². The number of rotatable bonds is 3. The van der Waals surface area contributed by atoms with E-state index in [9.17, 15) is 9.59 Å². The molecule has 0 bridgehead atoms. The lowest BCUT2D eigenvalue weighted by atomic mass is 10.0. The van der Waals surface area contributed by atoms with Crippen LogP contribution in [-0.2, 0) is 24.1 Å². The minimum atomic E-state index is -0.723. The molecule has 0 saturated carbocycles. The third kappa shape index (κ3) is 1.68. The maximum Gasteiger partial charge on any atom is 0.389 e. The van der Waals surface area contributed by atoms with E-state index in [-0.39, 0.29) is 36.7 Å². The number of carbonyl (C=O) groups excluding carboxylic acids is 2. The number of amides is 1. The number of ether oxygens (including phenoxy) is 1. The molecule has 2 heterocycles. The van der Waals surface area contributed by atoms with Gasteiger partial charge in [0.1, 0.15) is 11.9 Å². The van der Waals surface area contributed by atoms with Crippen LogP contribution in [0.1, 0.15) is 6.42 Å². The minimum absolute atomic E-state index is 0.102. The minimum Gasteiger partial charge on any atom is -0.353 e. The lowest BCUT2D eigenvalue weighted by Crippen LogP contribution is -2.57. The van der Waals surface area contributed by atoms with Crippen LogP contribution in [0.2, 0.25) is 0 Å². The Hall–Kier alpha value is -1.11. The molecule has 1 saturated heterocycles. The zero-order valence-electron chi connectivity index (χ0n) is 8.57. The molecular weight excluding hydrogens is 238 g/mol. The average molecular weight is 248 g/mol. The van der Waals surface area contributed by atoms with Crippen LogP contribution in [0.25, 0.3) is 0 Å². The molecule has 1 unspecified atom stereocenters. The van der Waals surface area contributed by atoms with E-state index in [1.807, 2.05) is 0 Å². The first kappa shape index (κ1) is 11.4. The molecule has 2 aliphatic heterocycles. The standard InChI is InChI=1S/C9H10ClNO5/c1-14-16-9(13)8-5(3-10)4-15-7-2-6(12)11(7)8/h7H,2-4H2,1H3. The lowest BCUT2D eigenvalue weighted by Gasteiger charge is -2.43. The Labute approximate surface area is 96.6 Å². The fourth-order valence-electron chi connectivity index (χ4n) is 1.68. The summed E-state index contributed by atoms with van der Waals surface area (Å²) in [6.45, 7) is 0.228. The van der Waals surface area contributed by atoms with Crippen molar-refractivity contribution in [2.45, 2.75) is 12.6 Å². The van der Waals surface area contributed by atoms with Crippen LogP contribution >= 0.6 is 11.6 Å². The van der Waals surface area contributed by atoms with Gasteiger partial charge < -0.3 is 4.74 Å². The zero-order chi connectivity index (χ0) is 11.7. The van der Waals surface area contributed by atoms with Crippen LogP contribution in [0.15, 0.2) is 11.3 Å². The van der Waals surface area contributed by atoms with E-state index in [1.165, 1.54) is 12.0 Å². The fraction of sp³-hybridized carbons (Fsp3) is 0.556. The van der Waals surface area contributed by atoms with Crippen molar-refractivity contribution in [2.24, 2.45) is 0 Å². The van der Waals surface area contributed by atoms with E-state index in [0.29, 0.717) is 5.57 Å². The fourth-order valence-corrected chi connectivity index (χ4v) is 1.89. The smallest absolute Gasteiger partial charge is 0.353 e. The molecule has 0 aromatic rings. The number of fused-ring (bicyclic) bond motifs is 1. The molecule has 0 aromatic carbocycles. The summed E-state index contributed by atoms with van der Waals surface area (Å²) in [5.41, 5.74) is 0.664. The summed E-state index contributed by atoms with van der Waals surface area (Å²) in [4.78, 5) is 32.9. The Kier molecular flexibility index (Phi) is 3.13. The molecule has 1 atom stereocenters. The molecule has 2 aliphatic rings. The van der Waals surface area contributed by atoms with Gasteiger partial charge in [-0.25, -0.2) is 4.79 Å². The van der Waals surface area contributed by atoms with Gasteiger partial charge in [0.25, 0.3) is 0 Å². The number of nitrogens with zero attached hydrogens (tertiary/aromatic N) is 1. The maximum atomic E-state index is 11.6. The van der Waals surface area contributed by atoms with Crippen molar-refractivity contribution in [2.75, 3.05) is 19.6 Å². The van der Waals surface area contributed by atoms with Crippen LogP contribution in [0, 0.1) is 0 Å². The molecule has 0 N–H and O–H groups in total. The van der Waals surface area contributed by atoms with Crippen molar-refractivity contribution < 1.29 is 24.1 Å². The Morgan fingerprint density at radius 2 is 2.44 bits per heavy atom. The van der Waals surface area contributed by atoms with Crippen molar-refractivity contribution in [3.8, 4) is 0 Å². The highest BCUT2D eigenvalue weighted by atomic mass is 35.5. The molecule has 16 heavy (non-hydrogen) atoms. The van der Waals surface area contributed by atoms with Gasteiger partial charge in [0.05, 0.1) is 20.1 Å². The van der Waals surface area contributed by atoms with Crippen molar-refractivity contribution in [3.63, 3.8) is 0 Å². The topological polar surface area (TPSA) is 65.1 Å². The summed E-state index contributed by atoms with van der Waals surface area (Å²) in [5.74, 6) is -0.806. The van der Waals surface area contributed by atoms with Crippen molar-refractivity contribution in [1.29, 1.82) is 0 Å². The third-order valence-electron chi connectivity index (χ3n) is 2.45. The van der Waals surface area contributed by atoms with Crippen LogP contribution in [-0.4, -0.2) is 42.6 Å². The Bertz CT molecular complexity index is 367. The van der Waals surface area contributed by atoms with Crippen molar-refractivity contribution in [3.05, 3.63) is 11.3 Å². The van der Waals surface area contributed by atoms with E-state index in [4.69, 9.17) is 16.3 Å². The molecule has 0 radical (unpaired) electrons. The van der Waals surface area contributed by atoms with Gasteiger partial charge in [0.15, 0.2) is 0 Å². The number of alkyl halides is 1. The van der Waals surface area contributed by atoms with Crippen LogP contribution in [0.3, 0.4) is 0 Å². The number of β-lactam (4-membered cyclic amide) rings is 1. The SMILES string of the molecule is COOC(=O)C1=C(CCl)COC2CC(=O)N12. The van der Waals surface area contributed by atoms with E-state index in [2.05, 4.69) is 9.78 Å². The van der Waals surface area contributed by atoms with Gasteiger partial charge in [-0.15, -0.1) is 11.6 Å². The highest BCUT2D eigenvalue weighted by Gasteiger charge is 2.46. The quantitative estimate of drug-likeness (QED) is 0.308. The molecule has 2 rings (SSSR count). The first-order chi connectivity index (χ1) is 7.69. The number of hydrogen-bond acceptors (Lipinski definition) is 5. The van der Waals surface area contributed by atoms with E-state index in [1.54, 1.807) is 0 Å². The van der Waals surface area contributed by atoms with Gasteiger partial charge >= 0.3 is 5.97 Å². The number of carbonyl (C=O) groups is 2. The second-order valence-corrected chi connectivity index (χ2v) is 3.62. The highest BCUT2D eigenvalue weighted by Crippen LogP contribution is 2.33. The maximum absolute atomic E-state index is 11.6. The van der Waals surface area contributed by atoms with E-state index >= 15 is 0 Å². The van der Waals surface area contributed by atoms with Gasteiger partial charge in [-0.2, -0.15) is 4.89 Å². The van der Waals surface area contributed by atoms with E-state index < -0.39 is 5.97 Å². The predicted octanol–water partition coefficient (Wildman–Crippen LogP) is 0.172. The van der Waals surface area contributed by atoms with Crippen molar-refractivity contribution in [1.82, 2.24) is 4.90 Å². The second-order valence-electron chi connectivity index (χ2n) is 3.36.